The van der Waals surface area contributed by atoms with Crippen LogP contribution in [-0.2, 0) is 5.41 Å². The predicted molar refractivity (Wildman–Crippen MR) is 113 cm³/mol. The van der Waals surface area contributed by atoms with Gasteiger partial charge in [0.15, 0.2) is 6.23 Å². The fraction of sp³-hybridized carbons (Fsp3) is 0.526. The van der Waals surface area contributed by atoms with Crippen LogP contribution in [0.3, 0.4) is 0 Å². The fourth-order valence-electron chi connectivity index (χ4n) is 3.10. The molecule has 3 rings (SSSR count). The molecule has 6 nitrogen and oxygen atoms in total. The van der Waals surface area contributed by atoms with Crippen LogP contribution in [0.4, 0.5) is 9.93 Å². The van der Waals surface area contributed by atoms with Crippen LogP contribution in [0.5, 0.6) is 0 Å². The van der Waals surface area contributed by atoms with Crippen molar-refractivity contribution in [2.24, 2.45) is 0 Å². The van der Waals surface area contributed by atoms with E-state index in [4.69, 9.17) is 23.2 Å². The zero-order valence-electron chi connectivity index (χ0n) is 16.3. The highest BCUT2D eigenvalue weighted by atomic mass is 35.5. The summed E-state index contributed by atoms with van der Waals surface area (Å²) in [4.78, 5) is 16.2. The van der Waals surface area contributed by atoms with Gasteiger partial charge in [-0.3, -0.25) is 0 Å². The number of aliphatic hydroxyl groups excluding tert-OH is 1. The zero-order valence-corrected chi connectivity index (χ0v) is 18.6. The van der Waals surface area contributed by atoms with E-state index in [1.54, 1.807) is 23.1 Å². The summed E-state index contributed by atoms with van der Waals surface area (Å²) in [5.74, 6) is 0. The standard InChI is InChI=1S/C19H24Cl2N4O2S/c1-5-6-9-24-14(11-7-8-12(20)13(21)10-11)15(26)25(18(24)27)17-23-22-16(28-17)19(2,3)4/h7-8,10,14-15,26H,5-6,9H2,1-4H3/t14-,15-/m1/s1. The lowest BCUT2D eigenvalue weighted by atomic mass is 9.98. The third-order valence-electron chi connectivity index (χ3n) is 4.63. The summed E-state index contributed by atoms with van der Waals surface area (Å²) in [7, 11) is 0. The molecule has 0 aliphatic carbocycles. The van der Waals surface area contributed by atoms with E-state index in [-0.39, 0.29) is 11.4 Å². The molecule has 152 valence electrons. The fourth-order valence-corrected chi connectivity index (χ4v) is 4.33. The number of amides is 2. The number of carbonyl (C=O) groups excluding carboxylic acids is 1. The largest absolute Gasteiger partial charge is 0.370 e. The topological polar surface area (TPSA) is 69.6 Å². The van der Waals surface area contributed by atoms with E-state index in [2.05, 4.69) is 17.1 Å². The maximum absolute atomic E-state index is 13.2. The molecule has 1 N–H and O–H groups in total. The maximum atomic E-state index is 13.2. The summed E-state index contributed by atoms with van der Waals surface area (Å²) < 4.78 is 0. The van der Waals surface area contributed by atoms with Crippen LogP contribution in [0.2, 0.25) is 10.0 Å². The van der Waals surface area contributed by atoms with Gasteiger partial charge in [-0.05, 0) is 24.1 Å². The second-order valence-electron chi connectivity index (χ2n) is 7.87. The summed E-state index contributed by atoms with van der Waals surface area (Å²) >= 11 is 13.5. The number of rotatable bonds is 5. The molecule has 1 aromatic heterocycles. The lowest BCUT2D eigenvalue weighted by Crippen LogP contribution is -2.35. The van der Waals surface area contributed by atoms with Crippen molar-refractivity contribution in [3.05, 3.63) is 38.8 Å². The second-order valence-corrected chi connectivity index (χ2v) is 9.64. The molecule has 2 amide bonds. The van der Waals surface area contributed by atoms with Crippen molar-refractivity contribution in [1.29, 1.82) is 0 Å². The van der Waals surface area contributed by atoms with Crippen molar-refractivity contribution in [3.8, 4) is 0 Å². The Balaban J connectivity index is 2.00. The van der Waals surface area contributed by atoms with Gasteiger partial charge in [-0.15, -0.1) is 10.2 Å². The number of halogens is 2. The summed E-state index contributed by atoms with van der Waals surface area (Å²) in [6.07, 6.45) is 0.663. The molecule has 1 aromatic carbocycles. The molecule has 1 aliphatic rings. The van der Waals surface area contributed by atoms with E-state index >= 15 is 0 Å². The number of unbranched alkanes of at least 4 members (excludes halogenated alkanes) is 1. The van der Waals surface area contributed by atoms with E-state index in [1.165, 1.54) is 16.2 Å². The first-order valence-corrected chi connectivity index (χ1v) is 10.8. The molecule has 0 spiro atoms. The van der Waals surface area contributed by atoms with Crippen LogP contribution in [0.25, 0.3) is 0 Å². The van der Waals surface area contributed by atoms with Gasteiger partial charge in [0.1, 0.15) is 11.0 Å². The average Bonchev–Trinajstić information content (AvgIpc) is 3.19. The molecule has 0 radical (unpaired) electrons. The first-order chi connectivity index (χ1) is 13.1. The van der Waals surface area contributed by atoms with Gasteiger partial charge in [0, 0.05) is 12.0 Å². The van der Waals surface area contributed by atoms with Gasteiger partial charge in [-0.2, -0.15) is 0 Å². The van der Waals surface area contributed by atoms with Crippen LogP contribution in [0.1, 0.15) is 57.1 Å². The molecular formula is C19H24Cl2N4O2S. The Hall–Kier alpha value is -1.41. The summed E-state index contributed by atoms with van der Waals surface area (Å²) in [6.45, 7) is 8.69. The van der Waals surface area contributed by atoms with E-state index in [1.807, 2.05) is 20.8 Å². The van der Waals surface area contributed by atoms with Crippen LogP contribution in [-0.4, -0.2) is 39.0 Å². The predicted octanol–water partition coefficient (Wildman–Crippen LogP) is 5.24. The lowest BCUT2D eigenvalue weighted by Gasteiger charge is -2.25. The van der Waals surface area contributed by atoms with Gasteiger partial charge in [-0.25, -0.2) is 9.69 Å². The number of carbonyl (C=O) groups is 1. The molecule has 2 heterocycles. The minimum Gasteiger partial charge on any atom is -0.370 e. The van der Waals surface area contributed by atoms with Crippen molar-refractivity contribution in [2.45, 2.75) is 58.2 Å². The molecule has 2 aromatic rings. The van der Waals surface area contributed by atoms with Crippen LogP contribution in [0.15, 0.2) is 18.2 Å². The van der Waals surface area contributed by atoms with E-state index in [0.717, 1.165) is 23.4 Å². The number of urea groups is 1. The highest BCUT2D eigenvalue weighted by molar-refractivity contribution is 7.15. The molecule has 9 heteroatoms. The first kappa shape index (κ1) is 21.3. The maximum Gasteiger partial charge on any atom is 0.329 e. The number of benzene rings is 1. The first-order valence-electron chi connectivity index (χ1n) is 9.22. The Morgan fingerprint density at radius 2 is 1.93 bits per heavy atom. The number of hydrogen-bond acceptors (Lipinski definition) is 5. The number of aliphatic hydroxyl groups is 1. The van der Waals surface area contributed by atoms with Crippen molar-refractivity contribution in [1.82, 2.24) is 15.1 Å². The minimum absolute atomic E-state index is 0.186. The Labute approximate surface area is 179 Å². The molecule has 1 saturated heterocycles. The Morgan fingerprint density at radius 3 is 2.50 bits per heavy atom. The highest BCUT2D eigenvalue weighted by Gasteiger charge is 2.47. The monoisotopic (exact) mass is 442 g/mol. The van der Waals surface area contributed by atoms with Crippen molar-refractivity contribution in [2.75, 3.05) is 11.4 Å². The van der Waals surface area contributed by atoms with Gasteiger partial charge in [0.05, 0.1) is 10.0 Å². The van der Waals surface area contributed by atoms with E-state index in [9.17, 15) is 9.90 Å². The van der Waals surface area contributed by atoms with Crippen LogP contribution < -0.4 is 4.90 Å². The number of aromatic nitrogens is 2. The number of nitrogens with zero attached hydrogens (tertiary/aromatic N) is 4. The van der Waals surface area contributed by atoms with Crippen molar-refractivity contribution < 1.29 is 9.90 Å². The lowest BCUT2D eigenvalue weighted by molar-refractivity contribution is 0.118. The highest BCUT2D eigenvalue weighted by Crippen LogP contribution is 2.41. The Morgan fingerprint density at radius 1 is 1.21 bits per heavy atom. The van der Waals surface area contributed by atoms with E-state index in [0.29, 0.717) is 21.7 Å². The summed E-state index contributed by atoms with van der Waals surface area (Å²) in [5, 5.41) is 21.5. The van der Waals surface area contributed by atoms with Gasteiger partial charge in [0.25, 0.3) is 0 Å². The second kappa shape index (κ2) is 8.14. The van der Waals surface area contributed by atoms with Crippen LogP contribution in [0, 0.1) is 0 Å². The van der Waals surface area contributed by atoms with E-state index < -0.39 is 12.3 Å². The summed E-state index contributed by atoms with van der Waals surface area (Å²) in [5.41, 5.74) is 0.545. The SMILES string of the molecule is CCCCN1C(=O)N(c2nnc(C(C)(C)C)s2)[C@H](O)[C@H]1c1ccc(Cl)c(Cl)c1. The quantitative estimate of drug-likeness (QED) is 0.686. The van der Waals surface area contributed by atoms with Gasteiger partial charge in [-0.1, -0.05) is 74.7 Å². The molecule has 0 saturated carbocycles. The van der Waals surface area contributed by atoms with Gasteiger partial charge in [0.2, 0.25) is 5.13 Å². The molecule has 0 unspecified atom stereocenters. The van der Waals surface area contributed by atoms with Crippen molar-refractivity contribution >= 4 is 45.7 Å². The zero-order chi connectivity index (χ0) is 20.6. The van der Waals surface area contributed by atoms with Crippen molar-refractivity contribution in [3.63, 3.8) is 0 Å². The number of hydrogen-bond donors (Lipinski definition) is 1. The Kier molecular flexibility index (Phi) is 6.20. The van der Waals surface area contributed by atoms with Gasteiger partial charge < -0.3 is 10.0 Å². The minimum atomic E-state index is -1.10. The van der Waals surface area contributed by atoms with Crippen LogP contribution >= 0.6 is 34.5 Å². The smallest absolute Gasteiger partial charge is 0.329 e. The Bertz CT molecular complexity index is 868. The molecule has 0 bridgehead atoms. The number of anilines is 1. The molecule has 1 fully saturated rings. The summed E-state index contributed by atoms with van der Waals surface area (Å²) in [6, 6.07) is 4.33. The molecule has 2 atom stereocenters. The third-order valence-corrected chi connectivity index (χ3v) is 6.72. The average molecular weight is 443 g/mol. The van der Waals surface area contributed by atoms with Gasteiger partial charge >= 0.3 is 6.03 Å². The third kappa shape index (κ3) is 3.99. The molecular weight excluding hydrogens is 419 g/mol. The normalized spacial score (nSPS) is 20.3. The molecule has 1 aliphatic heterocycles. The molecule has 28 heavy (non-hydrogen) atoms.